The lowest BCUT2D eigenvalue weighted by Crippen LogP contribution is -2.25. The van der Waals surface area contributed by atoms with E-state index in [1.807, 2.05) is 0 Å². The van der Waals surface area contributed by atoms with Crippen molar-refractivity contribution in [3.05, 3.63) is 21.9 Å². The predicted molar refractivity (Wildman–Crippen MR) is 122 cm³/mol. The summed E-state index contributed by atoms with van der Waals surface area (Å²) in [5.74, 6) is 0. The van der Waals surface area contributed by atoms with Crippen LogP contribution in [0.2, 0.25) is 5.15 Å². The normalized spacial score (nSPS) is 11.8. The second kappa shape index (κ2) is 15.6. The molecular weight excluding hydrogens is 460 g/mol. The molecule has 0 unspecified atom stereocenters. The Morgan fingerprint density at radius 2 is 1.36 bits per heavy atom. The third kappa shape index (κ3) is 11.7. The number of sulfonamides is 1. The number of hydrogen-bond donors (Lipinski definition) is 1. The number of pyridine rings is 1. The zero-order valence-corrected chi connectivity index (χ0v) is 20.3. The first kappa shape index (κ1) is 25.9. The Morgan fingerprint density at radius 1 is 0.893 bits per heavy atom. The minimum atomic E-state index is -3.52. The van der Waals surface area contributed by atoms with E-state index >= 15 is 0 Å². The van der Waals surface area contributed by atoms with Gasteiger partial charge in [-0.3, -0.25) is 0 Å². The van der Waals surface area contributed by atoms with Crippen LogP contribution in [0.15, 0.2) is 21.6 Å². The van der Waals surface area contributed by atoms with E-state index in [9.17, 15) is 8.42 Å². The highest BCUT2D eigenvalue weighted by atomic mass is 79.9. The fourth-order valence-corrected chi connectivity index (χ4v) is 4.81. The molecule has 1 aromatic rings. The van der Waals surface area contributed by atoms with Crippen LogP contribution in [-0.4, -0.2) is 19.9 Å². The van der Waals surface area contributed by atoms with E-state index in [4.69, 9.17) is 11.6 Å². The Labute approximate surface area is 185 Å². The molecule has 0 bridgehead atoms. The van der Waals surface area contributed by atoms with Gasteiger partial charge in [0.2, 0.25) is 10.0 Å². The van der Waals surface area contributed by atoms with Gasteiger partial charge in [-0.1, -0.05) is 102 Å². The molecule has 1 aromatic heterocycles. The van der Waals surface area contributed by atoms with Crippen molar-refractivity contribution in [2.45, 2.75) is 102 Å². The van der Waals surface area contributed by atoms with Crippen LogP contribution in [0, 0.1) is 0 Å². The third-order valence-electron chi connectivity index (χ3n) is 4.90. The van der Waals surface area contributed by atoms with E-state index in [2.05, 4.69) is 32.6 Å². The van der Waals surface area contributed by atoms with Crippen molar-refractivity contribution >= 4 is 37.6 Å². The van der Waals surface area contributed by atoms with Crippen LogP contribution in [0.4, 0.5) is 0 Å². The first-order valence-electron chi connectivity index (χ1n) is 10.8. The summed E-state index contributed by atoms with van der Waals surface area (Å²) in [5, 5.41) is 0.255. The van der Waals surface area contributed by atoms with Crippen molar-refractivity contribution in [1.29, 1.82) is 0 Å². The summed E-state index contributed by atoms with van der Waals surface area (Å²) < 4.78 is 27.5. The molecule has 0 aliphatic carbocycles. The summed E-state index contributed by atoms with van der Waals surface area (Å²) in [6.07, 6.45) is 19.3. The number of nitrogens with one attached hydrogen (secondary N) is 1. The lowest BCUT2D eigenvalue weighted by Gasteiger charge is -2.07. The second-order valence-electron chi connectivity index (χ2n) is 7.44. The fraction of sp³-hybridized carbons (Fsp3) is 0.762. The molecule has 1 N–H and O–H groups in total. The van der Waals surface area contributed by atoms with Crippen molar-refractivity contribution in [3.8, 4) is 0 Å². The average Bonchev–Trinajstić information content (AvgIpc) is 2.67. The van der Waals surface area contributed by atoms with Gasteiger partial charge in [-0.2, -0.15) is 0 Å². The molecule has 0 amide bonds. The monoisotopic (exact) mass is 494 g/mol. The van der Waals surface area contributed by atoms with Crippen LogP contribution >= 0.6 is 27.5 Å². The molecule has 1 heterocycles. The van der Waals surface area contributed by atoms with Crippen LogP contribution in [-0.2, 0) is 10.0 Å². The number of rotatable bonds is 17. The molecule has 0 aliphatic rings. The number of aromatic nitrogens is 1. The third-order valence-corrected chi connectivity index (χ3v) is 7.47. The molecule has 4 nitrogen and oxygen atoms in total. The summed E-state index contributed by atoms with van der Waals surface area (Å²) in [7, 11) is -3.52. The number of halogens is 2. The second-order valence-corrected chi connectivity index (χ2v) is 10.4. The summed E-state index contributed by atoms with van der Waals surface area (Å²) in [4.78, 5) is 4.00. The van der Waals surface area contributed by atoms with Crippen molar-refractivity contribution in [1.82, 2.24) is 9.71 Å². The smallest absolute Gasteiger partial charge is 0.242 e. The molecule has 0 aromatic carbocycles. The van der Waals surface area contributed by atoms with Crippen LogP contribution < -0.4 is 4.72 Å². The number of nitrogens with zero attached hydrogens (tertiary/aromatic N) is 1. The highest BCUT2D eigenvalue weighted by Gasteiger charge is 2.15. The molecule has 0 atom stereocenters. The van der Waals surface area contributed by atoms with Gasteiger partial charge in [0.25, 0.3) is 0 Å². The highest BCUT2D eigenvalue weighted by Crippen LogP contribution is 2.22. The van der Waals surface area contributed by atoms with Gasteiger partial charge in [-0.05, 0) is 28.4 Å². The molecule has 1 rings (SSSR count). The Morgan fingerprint density at radius 3 is 1.82 bits per heavy atom. The summed E-state index contributed by atoms with van der Waals surface area (Å²) in [6, 6.07) is 1.48. The number of hydrogen-bond acceptors (Lipinski definition) is 3. The zero-order valence-electron chi connectivity index (χ0n) is 17.2. The first-order valence-corrected chi connectivity index (χ1v) is 13.4. The zero-order chi connectivity index (χ0) is 20.7. The summed E-state index contributed by atoms with van der Waals surface area (Å²) >= 11 is 9.00. The molecule has 0 saturated heterocycles. The Hall–Kier alpha value is -0.170. The molecule has 28 heavy (non-hydrogen) atoms. The number of unbranched alkanes of at least 4 members (excludes halogenated alkanes) is 13. The molecular formula is C21H36BrClN2O2S. The van der Waals surface area contributed by atoms with Crippen molar-refractivity contribution in [2.24, 2.45) is 0 Å². The Bertz CT molecular complexity index is 641. The van der Waals surface area contributed by atoms with Crippen molar-refractivity contribution in [2.75, 3.05) is 6.54 Å². The van der Waals surface area contributed by atoms with Crippen LogP contribution in [0.3, 0.4) is 0 Å². The summed E-state index contributed by atoms with van der Waals surface area (Å²) in [5.41, 5.74) is 0. The highest BCUT2D eigenvalue weighted by molar-refractivity contribution is 9.10. The topological polar surface area (TPSA) is 59.1 Å². The van der Waals surface area contributed by atoms with E-state index in [1.165, 1.54) is 89.3 Å². The van der Waals surface area contributed by atoms with E-state index in [0.717, 1.165) is 12.8 Å². The molecule has 0 saturated carbocycles. The first-order chi connectivity index (χ1) is 13.5. The maximum absolute atomic E-state index is 12.2. The maximum atomic E-state index is 12.2. The fourth-order valence-electron chi connectivity index (χ4n) is 3.16. The maximum Gasteiger partial charge on any atom is 0.242 e. The van der Waals surface area contributed by atoms with Crippen molar-refractivity contribution in [3.63, 3.8) is 0 Å². The van der Waals surface area contributed by atoms with Crippen molar-refractivity contribution < 1.29 is 8.42 Å². The van der Waals surface area contributed by atoms with E-state index in [1.54, 1.807) is 0 Å². The van der Waals surface area contributed by atoms with E-state index < -0.39 is 10.0 Å². The van der Waals surface area contributed by atoms with Gasteiger partial charge in [-0.25, -0.2) is 18.1 Å². The summed E-state index contributed by atoms with van der Waals surface area (Å²) in [6.45, 7) is 2.72. The van der Waals surface area contributed by atoms with Gasteiger partial charge in [0.05, 0.1) is 4.47 Å². The predicted octanol–water partition coefficient (Wildman–Crippen LogP) is 7.26. The molecule has 0 radical (unpaired) electrons. The molecule has 0 spiro atoms. The largest absolute Gasteiger partial charge is 0.242 e. The van der Waals surface area contributed by atoms with E-state index in [0.29, 0.717) is 11.0 Å². The average molecular weight is 496 g/mol. The Kier molecular flexibility index (Phi) is 14.4. The van der Waals surface area contributed by atoms with Crippen LogP contribution in [0.25, 0.3) is 0 Å². The van der Waals surface area contributed by atoms with Gasteiger partial charge >= 0.3 is 0 Å². The van der Waals surface area contributed by atoms with Gasteiger partial charge < -0.3 is 0 Å². The quantitative estimate of drug-likeness (QED) is 0.183. The van der Waals surface area contributed by atoms with E-state index in [-0.39, 0.29) is 10.0 Å². The lowest BCUT2D eigenvalue weighted by molar-refractivity contribution is 0.533. The molecule has 7 heteroatoms. The van der Waals surface area contributed by atoms with Crippen LogP contribution in [0.5, 0.6) is 0 Å². The van der Waals surface area contributed by atoms with Gasteiger partial charge in [0, 0.05) is 12.7 Å². The molecule has 0 fully saturated rings. The van der Waals surface area contributed by atoms with Gasteiger partial charge in [0.15, 0.2) is 0 Å². The Balaban J connectivity index is 1.97. The minimum absolute atomic E-state index is 0.133. The lowest BCUT2D eigenvalue weighted by atomic mass is 10.0. The SMILES string of the molecule is CCCCCCCCCCCCCCCCNS(=O)(=O)c1cnc(Cl)c(Br)c1. The van der Waals surface area contributed by atoms with Gasteiger partial charge in [-0.15, -0.1) is 0 Å². The van der Waals surface area contributed by atoms with Gasteiger partial charge in [0.1, 0.15) is 10.0 Å². The molecule has 0 aliphatic heterocycles. The standard InChI is InChI=1S/C21H36BrClN2O2S/c1-2-3-4-5-6-7-8-9-10-11-12-13-14-15-16-25-28(26,27)19-17-20(22)21(23)24-18-19/h17-18,25H,2-16H2,1H3. The minimum Gasteiger partial charge on any atom is -0.242 e. The van der Waals surface area contributed by atoms with Crippen LogP contribution in [0.1, 0.15) is 96.8 Å². The molecule has 162 valence electrons.